The van der Waals surface area contributed by atoms with Crippen molar-refractivity contribution in [3.05, 3.63) is 24.3 Å². The smallest absolute Gasteiger partial charge is 0.225 e. The summed E-state index contributed by atoms with van der Waals surface area (Å²) in [7, 11) is 1.75. The van der Waals surface area contributed by atoms with E-state index in [0.29, 0.717) is 23.9 Å². The molecule has 1 saturated heterocycles. The maximum Gasteiger partial charge on any atom is 0.225 e. The highest BCUT2D eigenvalue weighted by atomic mass is 16.5. The summed E-state index contributed by atoms with van der Waals surface area (Å²) in [6.45, 7) is 2.72. The van der Waals surface area contributed by atoms with Gasteiger partial charge in [-0.15, -0.1) is 0 Å². The van der Waals surface area contributed by atoms with Gasteiger partial charge in [0.05, 0.1) is 17.5 Å². The van der Waals surface area contributed by atoms with E-state index >= 15 is 0 Å². The van der Waals surface area contributed by atoms with Crippen LogP contribution in [0.2, 0.25) is 0 Å². The zero-order valence-electron chi connectivity index (χ0n) is 12.0. The van der Waals surface area contributed by atoms with Gasteiger partial charge in [0.2, 0.25) is 5.91 Å². The molecule has 0 radical (unpaired) electrons. The van der Waals surface area contributed by atoms with Crippen LogP contribution < -0.4 is 11.1 Å². The molecule has 0 aromatic heterocycles. The van der Waals surface area contributed by atoms with Gasteiger partial charge in [-0.2, -0.15) is 0 Å². The second kappa shape index (κ2) is 7.26. The number of hydrogen-bond acceptors (Lipinski definition) is 4. The highest BCUT2D eigenvalue weighted by Crippen LogP contribution is 2.17. The minimum atomic E-state index is 0.00226. The van der Waals surface area contributed by atoms with Gasteiger partial charge < -0.3 is 20.7 Å². The van der Waals surface area contributed by atoms with E-state index in [2.05, 4.69) is 10.2 Å². The number of nitrogen functional groups attached to an aromatic ring is 1. The topological polar surface area (TPSA) is 67.6 Å². The Labute approximate surface area is 120 Å². The minimum absolute atomic E-state index is 0.00226. The number of methoxy groups -OCH3 is 1. The van der Waals surface area contributed by atoms with E-state index in [0.717, 1.165) is 32.5 Å². The summed E-state index contributed by atoms with van der Waals surface area (Å²) in [4.78, 5) is 14.2. The van der Waals surface area contributed by atoms with Gasteiger partial charge in [0.1, 0.15) is 0 Å². The van der Waals surface area contributed by atoms with Crippen LogP contribution in [0.25, 0.3) is 0 Å². The largest absolute Gasteiger partial charge is 0.397 e. The molecule has 1 aromatic carbocycles. The fourth-order valence-corrected chi connectivity index (χ4v) is 2.49. The number of rotatable bonds is 5. The van der Waals surface area contributed by atoms with Crippen LogP contribution in [0.3, 0.4) is 0 Å². The van der Waals surface area contributed by atoms with Crippen molar-refractivity contribution in [3.63, 3.8) is 0 Å². The standard InChI is InChI=1S/C15H23N3O2/c1-20-12-5-4-9-18(11-12)10-8-15(19)17-14-7-3-2-6-13(14)16/h2-3,6-7,12H,4-5,8-11,16H2,1H3,(H,17,19). The molecule has 0 spiro atoms. The van der Waals surface area contributed by atoms with Gasteiger partial charge in [0, 0.05) is 26.6 Å². The fraction of sp³-hybridized carbons (Fsp3) is 0.533. The summed E-state index contributed by atoms with van der Waals surface area (Å²) in [5.41, 5.74) is 7.08. The molecule has 1 amide bonds. The molecular weight excluding hydrogens is 254 g/mol. The van der Waals surface area contributed by atoms with Crippen LogP contribution in [-0.2, 0) is 9.53 Å². The van der Waals surface area contributed by atoms with E-state index in [1.807, 2.05) is 18.2 Å². The maximum absolute atomic E-state index is 11.9. The molecule has 0 saturated carbocycles. The minimum Gasteiger partial charge on any atom is -0.397 e. The summed E-state index contributed by atoms with van der Waals surface area (Å²) in [5.74, 6) is 0.00226. The third kappa shape index (κ3) is 4.21. The third-order valence-electron chi connectivity index (χ3n) is 3.69. The number of carbonyl (C=O) groups is 1. The molecule has 1 heterocycles. The molecule has 5 heteroatoms. The Morgan fingerprint density at radius 3 is 3.05 bits per heavy atom. The lowest BCUT2D eigenvalue weighted by Gasteiger charge is -2.31. The van der Waals surface area contributed by atoms with Crippen LogP contribution in [0, 0.1) is 0 Å². The highest BCUT2D eigenvalue weighted by Gasteiger charge is 2.19. The normalized spacial score (nSPS) is 19.8. The van der Waals surface area contributed by atoms with E-state index in [1.54, 1.807) is 13.2 Å². The van der Waals surface area contributed by atoms with Gasteiger partial charge in [-0.1, -0.05) is 12.1 Å². The van der Waals surface area contributed by atoms with Crippen LogP contribution in [0.15, 0.2) is 24.3 Å². The first-order chi connectivity index (χ1) is 9.69. The van der Waals surface area contributed by atoms with Crippen molar-refractivity contribution >= 4 is 17.3 Å². The van der Waals surface area contributed by atoms with Gasteiger partial charge in [-0.05, 0) is 31.5 Å². The molecule has 1 unspecified atom stereocenters. The number of nitrogens with zero attached hydrogens (tertiary/aromatic N) is 1. The molecule has 20 heavy (non-hydrogen) atoms. The molecule has 1 atom stereocenters. The Kier molecular flexibility index (Phi) is 5.38. The van der Waals surface area contributed by atoms with Crippen molar-refractivity contribution in [2.24, 2.45) is 0 Å². The summed E-state index contributed by atoms with van der Waals surface area (Å²) in [6, 6.07) is 7.31. The summed E-state index contributed by atoms with van der Waals surface area (Å²) in [6.07, 6.45) is 3.02. The molecule has 1 aromatic rings. The van der Waals surface area contributed by atoms with Crippen molar-refractivity contribution in [1.29, 1.82) is 0 Å². The maximum atomic E-state index is 11.9. The van der Waals surface area contributed by atoms with Crippen molar-refractivity contribution in [2.45, 2.75) is 25.4 Å². The van der Waals surface area contributed by atoms with Gasteiger partial charge in [0.15, 0.2) is 0 Å². The molecule has 5 nitrogen and oxygen atoms in total. The number of piperidine rings is 1. The SMILES string of the molecule is COC1CCCN(CCC(=O)Nc2ccccc2N)C1. The van der Waals surface area contributed by atoms with Crippen LogP contribution in [0.1, 0.15) is 19.3 Å². The average Bonchev–Trinajstić information content (AvgIpc) is 2.48. The van der Waals surface area contributed by atoms with E-state index in [1.165, 1.54) is 0 Å². The number of nitrogens with one attached hydrogen (secondary N) is 1. The van der Waals surface area contributed by atoms with Crippen molar-refractivity contribution in [2.75, 3.05) is 37.8 Å². The second-order valence-electron chi connectivity index (χ2n) is 5.19. The summed E-state index contributed by atoms with van der Waals surface area (Å²) in [5, 5.41) is 2.85. The van der Waals surface area contributed by atoms with E-state index < -0.39 is 0 Å². The Bertz CT molecular complexity index is 450. The number of likely N-dealkylation sites (tertiary alicyclic amines) is 1. The molecule has 3 N–H and O–H groups in total. The number of anilines is 2. The second-order valence-corrected chi connectivity index (χ2v) is 5.19. The molecular formula is C15H23N3O2. The summed E-state index contributed by atoms with van der Waals surface area (Å²) < 4.78 is 5.38. The molecule has 2 rings (SSSR count). The zero-order valence-corrected chi connectivity index (χ0v) is 12.0. The number of para-hydroxylation sites is 2. The first-order valence-electron chi connectivity index (χ1n) is 7.08. The van der Waals surface area contributed by atoms with Gasteiger partial charge in [-0.25, -0.2) is 0 Å². The highest BCUT2D eigenvalue weighted by molar-refractivity contribution is 5.93. The lowest BCUT2D eigenvalue weighted by Crippen LogP contribution is -2.40. The predicted octanol–water partition coefficient (Wildman–Crippen LogP) is 1.71. The number of hydrogen-bond donors (Lipinski definition) is 2. The number of carbonyl (C=O) groups excluding carboxylic acids is 1. The lowest BCUT2D eigenvalue weighted by atomic mass is 10.1. The first kappa shape index (κ1) is 14.8. The quantitative estimate of drug-likeness (QED) is 0.804. The number of amides is 1. The molecule has 0 aliphatic carbocycles. The van der Waals surface area contributed by atoms with Crippen LogP contribution >= 0.6 is 0 Å². The molecule has 0 bridgehead atoms. The van der Waals surface area contributed by atoms with Crippen molar-refractivity contribution < 1.29 is 9.53 Å². The van der Waals surface area contributed by atoms with Gasteiger partial charge >= 0.3 is 0 Å². The Balaban J connectivity index is 1.76. The average molecular weight is 277 g/mol. The number of nitrogens with two attached hydrogens (primary N) is 1. The number of ether oxygens (including phenoxy) is 1. The molecule has 110 valence electrons. The fourth-order valence-electron chi connectivity index (χ4n) is 2.49. The molecule has 1 fully saturated rings. The predicted molar refractivity (Wildman–Crippen MR) is 80.6 cm³/mol. The van der Waals surface area contributed by atoms with E-state index in [4.69, 9.17) is 10.5 Å². The van der Waals surface area contributed by atoms with Crippen LogP contribution in [0.5, 0.6) is 0 Å². The van der Waals surface area contributed by atoms with Gasteiger partial charge in [-0.3, -0.25) is 4.79 Å². The van der Waals surface area contributed by atoms with E-state index in [9.17, 15) is 4.79 Å². The zero-order chi connectivity index (χ0) is 14.4. The Morgan fingerprint density at radius 2 is 2.30 bits per heavy atom. The third-order valence-corrected chi connectivity index (χ3v) is 3.69. The lowest BCUT2D eigenvalue weighted by molar-refractivity contribution is -0.116. The van der Waals surface area contributed by atoms with Crippen LogP contribution in [-0.4, -0.2) is 43.7 Å². The van der Waals surface area contributed by atoms with Crippen molar-refractivity contribution in [3.8, 4) is 0 Å². The number of benzene rings is 1. The first-order valence-corrected chi connectivity index (χ1v) is 7.08. The molecule has 1 aliphatic rings. The Hall–Kier alpha value is -1.59. The van der Waals surface area contributed by atoms with Gasteiger partial charge in [0.25, 0.3) is 0 Å². The van der Waals surface area contributed by atoms with E-state index in [-0.39, 0.29) is 5.91 Å². The monoisotopic (exact) mass is 277 g/mol. The van der Waals surface area contributed by atoms with Crippen molar-refractivity contribution in [1.82, 2.24) is 4.90 Å². The summed E-state index contributed by atoms with van der Waals surface area (Å²) >= 11 is 0. The Morgan fingerprint density at radius 1 is 1.50 bits per heavy atom. The molecule has 1 aliphatic heterocycles. The van der Waals surface area contributed by atoms with Crippen LogP contribution in [0.4, 0.5) is 11.4 Å².